The third kappa shape index (κ3) is 4.59. The van der Waals surface area contributed by atoms with Crippen molar-refractivity contribution in [2.45, 2.75) is 27.7 Å². The molecule has 238 valence electrons. The van der Waals surface area contributed by atoms with Crippen LogP contribution in [-0.2, 0) is 0 Å². The van der Waals surface area contributed by atoms with Crippen LogP contribution in [0.2, 0.25) is 0 Å². The molecular formula is C44H32N6. The second kappa shape index (κ2) is 11.3. The Bertz CT molecular complexity index is 2860. The van der Waals surface area contributed by atoms with E-state index in [1.807, 2.05) is 26.0 Å². The number of nitrogens with zero attached hydrogens (tertiary/aromatic N) is 6. The molecule has 6 nitrogen and oxygen atoms in total. The van der Waals surface area contributed by atoms with Gasteiger partial charge in [-0.25, -0.2) is 19.8 Å². The lowest BCUT2D eigenvalue weighted by molar-refractivity contribution is 0.928. The van der Waals surface area contributed by atoms with Crippen molar-refractivity contribution >= 4 is 49.3 Å². The molecule has 0 aliphatic heterocycles. The summed E-state index contributed by atoms with van der Waals surface area (Å²) in [6.45, 7) is 16.1. The van der Waals surface area contributed by atoms with Gasteiger partial charge in [-0.15, -0.1) is 0 Å². The summed E-state index contributed by atoms with van der Waals surface area (Å²) in [6, 6.07) is 43.0. The van der Waals surface area contributed by atoms with Crippen LogP contribution in [-0.4, -0.2) is 24.1 Å². The molecule has 50 heavy (non-hydrogen) atoms. The topological polar surface area (TPSA) is 52.9 Å². The van der Waals surface area contributed by atoms with Crippen molar-refractivity contribution in [2.24, 2.45) is 0 Å². The molecule has 0 radical (unpaired) electrons. The lowest BCUT2D eigenvalue weighted by Crippen LogP contribution is -2.03. The van der Waals surface area contributed by atoms with Crippen molar-refractivity contribution in [3.63, 3.8) is 0 Å². The predicted octanol–water partition coefficient (Wildman–Crippen LogP) is 11.2. The first-order valence-corrected chi connectivity index (χ1v) is 16.7. The molecule has 0 saturated heterocycles. The van der Waals surface area contributed by atoms with Crippen LogP contribution in [0, 0.1) is 34.3 Å². The van der Waals surface area contributed by atoms with E-state index in [4.69, 9.17) is 16.5 Å². The molecule has 0 N–H and O–H groups in total. The lowest BCUT2D eigenvalue weighted by Gasteiger charge is -2.20. The van der Waals surface area contributed by atoms with Gasteiger partial charge in [0, 0.05) is 32.7 Å². The summed E-state index contributed by atoms with van der Waals surface area (Å²) in [7, 11) is 0. The van der Waals surface area contributed by atoms with Crippen molar-refractivity contribution < 1.29 is 0 Å². The van der Waals surface area contributed by atoms with Gasteiger partial charge >= 0.3 is 0 Å². The molecule has 0 bridgehead atoms. The van der Waals surface area contributed by atoms with Gasteiger partial charge in [-0.1, -0.05) is 65.7 Å². The maximum atomic E-state index is 8.07. The normalized spacial score (nSPS) is 11.6. The molecule has 6 aromatic carbocycles. The number of hydrogen-bond donors (Lipinski definition) is 0. The van der Waals surface area contributed by atoms with Crippen LogP contribution in [0.1, 0.15) is 22.8 Å². The molecular weight excluding hydrogens is 613 g/mol. The number of aromatic nitrogens is 5. The fraction of sp³-hybridized carbons (Fsp3) is 0.0909. The molecule has 9 rings (SSSR count). The van der Waals surface area contributed by atoms with Crippen LogP contribution in [0.15, 0.2) is 121 Å². The van der Waals surface area contributed by atoms with Crippen LogP contribution >= 0.6 is 0 Å². The summed E-state index contributed by atoms with van der Waals surface area (Å²) >= 11 is 0. The highest BCUT2D eigenvalue weighted by atomic mass is 15.0. The fourth-order valence-electron chi connectivity index (χ4n) is 7.53. The van der Waals surface area contributed by atoms with Gasteiger partial charge in [-0.3, -0.25) is 0 Å². The zero-order chi connectivity index (χ0) is 34.1. The Labute approximate surface area is 289 Å². The van der Waals surface area contributed by atoms with E-state index in [-0.39, 0.29) is 0 Å². The van der Waals surface area contributed by atoms with E-state index in [2.05, 4.69) is 142 Å². The minimum Gasteiger partial charge on any atom is -0.309 e. The summed E-state index contributed by atoms with van der Waals surface area (Å²) in [5.41, 5.74) is 12.2. The average molecular weight is 645 g/mol. The van der Waals surface area contributed by atoms with Gasteiger partial charge in [0.25, 0.3) is 0 Å². The molecule has 0 unspecified atom stereocenters. The molecule has 0 aliphatic carbocycles. The maximum absolute atomic E-state index is 8.07. The molecule has 3 heterocycles. The second-order valence-electron chi connectivity index (χ2n) is 13.0. The Morgan fingerprint density at radius 2 is 0.980 bits per heavy atom. The molecule has 0 aliphatic rings. The Morgan fingerprint density at radius 3 is 1.54 bits per heavy atom. The van der Waals surface area contributed by atoms with Gasteiger partial charge in [-0.2, -0.15) is 0 Å². The van der Waals surface area contributed by atoms with E-state index in [9.17, 15) is 0 Å². The molecule has 6 heteroatoms. The number of benzene rings is 6. The van der Waals surface area contributed by atoms with E-state index < -0.39 is 0 Å². The monoisotopic (exact) mass is 644 g/mol. The van der Waals surface area contributed by atoms with Crippen LogP contribution in [0.4, 0.5) is 5.69 Å². The van der Waals surface area contributed by atoms with E-state index in [1.54, 1.807) is 0 Å². The average Bonchev–Trinajstić information content (AvgIpc) is 3.62. The minimum absolute atomic E-state index is 0.571. The molecule has 0 amide bonds. The number of rotatable bonds is 4. The van der Waals surface area contributed by atoms with Crippen LogP contribution in [0.5, 0.6) is 0 Å². The number of para-hydroxylation sites is 2. The smallest absolute Gasteiger partial charge is 0.188 e. The summed E-state index contributed by atoms with van der Waals surface area (Å²) in [5, 5.41) is 4.78. The first-order chi connectivity index (χ1) is 24.4. The van der Waals surface area contributed by atoms with Crippen molar-refractivity contribution in [1.29, 1.82) is 0 Å². The second-order valence-corrected chi connectivity index (χ2v) is 13.0. The van der Waals surface area contributed by atoms with Crippen molar-refractivity contribution in [2.75, 3.05) is 0 Å². The zero-order valence-corrected chi connectivity index (χ0v) is 28.2. The van der Waals surface area contributed by atoms with Crippen molar-refractivity contribution in [1.82, 2.24) is 24.1 Å². The van der Waals surface area contributed by atoms with E-state index >= 15 is 0 Å². The highest BCUT2D eigenvalue weighted by molar-refractivity contribution is 6.12. The SMILES string of the molecule is [C-]#[N+]c1ccc(-n2c3ccccc3c3cc(C)ccc32)c(-c2cc(-c3nc(C)nc(C)n3)ccc2-n2c3ccccc3c3cc(C)ccc32)c1. The van der Waals surface area contributed by atoms with E-state index in [0.29, 0.717) is 23.2 Å². The van der Waals surface area contributed by atoms with Gasteiger partial charge in [0.2, 0.25) is 0 Å². The molecule has 9 aromatic rings. The number of aryl methyl sites for hydroxylation is 4. The maximum Gasteiger partial charge on any atom is 0.188 e. The molecule has 0 fully saturated rings. The lowest BCUT2D eigenvalue weighted by atomic mass is 9.97. The quantitative estimate of drug-likeness (QED) is 0.179. The van der Waals surface area contributed by atoms with Crippen LogP contribution in [0.3, 0.4) is 0 Å². The highest BCUT2D eigenvalue weighted by Gasteiger charge is 2.22. The minimum atomic E-state index is 0.571. The largest absolute Gasteiger partial charge is 0.309 e. The zero-order valence-electron chi connectivity index (χ0n) is 28.2. The van der Waals surface area contributed by atoms with Gasteiger partial charge in [0.05, 0.1) is 40.0 Å². The van der Waals surface area contributed by atoms with Crippen molar-refractivity contribution in [3.05, 3.63) is 156 Å². The third-order valence-corrected chi connectivity index (χ3v) is 9.65. The Balaban J connectivity index is 1.43. The van der Waals surface area contributed by atoms with Gasteiger partial charge in [-0.05, 0) is 100.0 Å². The Morgan fingerprint density at radius 1 is 0.480 bits per heavy atom. The summed E-state index contributed by atoms with van der Waals surface area (Å²) in [6.07, 6.45) is 0. The van der Waals surface area contributed by atoms with Crippen LogP contribution in [0.25, 0.3) is 82.3 Å². The van der Waals surface area contributed by atoms with Crippen LogP contribution < -0.4 is 0 Å². The molecule has 0 saturated carbocycles. The molecule has 0 spiro atoms. The summed E-state index contributed by atoms with van der Waals surface area (Å²) in [5.74, 6) is 1.97. The first-order valence-electron chi connectivity index (χ1n) is 16.7. The van der Waals surface area contributed by atoms with Gasteiger partial charge < -0.3 is 9.13 Å². The van der Waals surface area contributed by atoms with Gasteiger partial charge in [0.1, 0.15) is 11.6 Å². The standard InChI is InChI=1S/C44H32N6/c1-26-14-18-40-34(22-26)32-10-6-8-12-38(32)49(40)42-20-16-30(44-47-28(3)46-29(4)48-44)24-36(42)37-25-31(45-5)17-21-43(37)50-39-13-9-7-11-33(39)35-23-27(2)15-19-41(35)50/h6-25H,1-4H3. The summed E-state index contributed by atoms with van der Waals surface area (Å²) < 4.78 is 4.70. The number of hydrogen-bond acceptors (Lipinski definition) is 3. The van der Waals surface area contributed by atoms with E-state index in [0.717, 1.165) is 50.1 Å². The summed E-state index contributed by atoms with van der Waals surface area (Å²) in [4.78, 5) is 17.9. The van der Waals surface area contributed by atoms with E-state index in [1.165, 1.54) is 32.7 Å². The molecule has 3 aromatic heterocycles. The fourth-order valence-corrected chi connectivity index (χ4v) is 7.53. The third-order valence-electron chi connectivity index (χ3n) is 9.65. The first kappa shape index (κ1) is 29.6. The Hall–Kier alpha value is -6.58. The molecule has 0 atom stereocenters. The Kier molecular flexibility index (Phi) is 6.65. The van der Waals surface area contributed by atoms with Gasteiger partial charge in [0.15, 0.2) is 11.5 Å². The van der Waals surface area contributed by atoms with Crippen molar-refractivity contribution in [3.8, 4) is 33.9 Å². The predicted molar refractivity (Wildman–Crippen MR) is 205 cm³/mol. The highest BCUT2D eigenvalue weighted by Crippen LogP contribution is 2.43. The number of fused-ring (bicyclic) bond motifs is 6.